The van der Waals surface area contributed by atoms with Crippen LogP contribution in [0.5, 0.6) is 0 Å². The topological polar surface area (TPSA) is 101 Å². The molecule has 1 heterocycles. The minimum atomic E-state index is -0.934. The first-order valence-corrected chi connectivity index (χ1v) is 6.16. The highest BCUT2D eigenvalue weighted by Gasteiger charge is 2.09. The van der Waals surface area contributed by atoms with Gasteiger partial charge in [0.1, 0.15) is 5.82 Å². The van der Waals surface area contributed by atoms with E-state index in [2.05, 4.69) is 15.3 Å². The van der Waals surface area contributed by atoms with Gasteiger partial charge in [0.2, 0.25) is 0 Å². The number of hydrogen-bond acceptors (Lipinski definition) is 5. The number of carboxylic acids is 1. The highest BCUT2D eigenvalue weighted by Crippen LogP contribution is 2.20. The molecule has 2 rings (SSSR count). The van der Waals surface area contributed by atoms with Crippen LogP contribution in [0.3, 0.4) is 0 Å². The summed E-state index contributed by atoms with van der Waals surface area (Å²) >= 11 is 0. The Morgan fingerprint density at radius 1 is 1.35 bits per heavy atom. The van der Waals surface area contributed by atoms with Crippen LogP contribution in [0.15, 0.2) is 30.6 Å². The van der Waals surface area contributed by atoms with Gasteiger partial charge in [0.25, 0.3) is 0 Å². The van der Waals surface area contributed by atoms with E-state index in [9.17, 15) is 4.79 Å². The van der Waals surface area contributed by atoms with E-state index in [1.165, 1.54) is 0 Å². The molecule has 0 radical (unpaired) electrons. The number of aromatic nitrogens is 2. The van der Waals surface area contributed by atoms with Crippen LogP contribution in [-0.4, -0.2) is 27.2 Å². The Bertz CT molecular complexity index is 624. The summed E-state index contributed by atoms with van der Waals surface area (Å²) in [6.45, 7) is 3.57. The number of nitrogens with zero attached hydrogens (tertiary/aromatic N) is 2. The van der Waals surface area contributed by atoms with Crippen LogP contribution in [0.1, 0.15) is 22.8 Å². The fourth-order valence-electron chi connectivity index (χ4n) is 1.85. The number of benzene rings is 1. The van der Waals surface area contributed by atoms with Gasteiger partial charge in [0, 0.05) is 5.56 Å². The molecule has 2 aromatic rings. The van der Waals surface area contributed by atoms with Crippen molar-refractivity contribution in [2.75, 3.05) is 5.32 Å². The predicted molar refractivity (Wildman–Crippen MR) is 76.4 cm³/mol. The number of rotatable bonds is 4. The van der Waals surface area contributed by atoms with Gasteiger partial charge in [-0.2, -0.15) is 0 Å². The third-order valence-corrected chi connectivity index (χ3v) is 2.78. The second-order valence-electron chi connectivity index (χ2n) is 4.55. The Morgan fingerprint density at radius 2 is 2.10 bits per heavy atom. The molecule has 20 heavy (non-hydrogen) atoms. The summed E-state index contributed by atoms with van der Waals surface area (Å²) in [5.41, 5.74) is 8.09. The van der Waals surface area contributed by atoms with Crippen LogP contribution < -0.4 is 11.1 Å². The summed E-state index contributed by atoms with van der Waals surface area (Å²) in [6, 6.07) is 5.08. The molecular weight excluding hydrogens is 256 g/mol. The van der Waals surface area contributed by atoms with Crippen LogP contribution in [0.2, 0.25) is 0 Å². The molecule has 0 aliphatic carbocycles. The monoisotopic (exact) mass is 272 g/mol. The van der Waals surface area contributed by atoms with Gasteiger partial charge in [-0.15, -0.1) is 0 Å². The Hall–Kier alpha value is -2.47. The zero-order valence-electron chi connectivity index (χ0n) is 11.3. The highest BCUT2D eigenvalue weighted by atomic mass is 16.4. The quantitative estimate of drug-likeness (QED) is 0.734. The van der Waals surface area contributed by atoms with Crippen molar-refractivity contribution in [3.8, 4) is 11.3 Å². The first-order valence-electron chi connectivity index (χ1n) is 6.16. The number of aryl methyl sites for hydroxylation is 1. The number of carbonyl (C=O) groups is 1. The maximum absolute atomic E-state index is 11.0. The number of nitrogens with one attached hydrogen (secondary N) is 1. The van der Waals surface area contributed by atoms with Crippen LogP contribution in [0.4, 0.5) is 5.82 Å². The van der Waals surface area contributed by atoms with E-state index >= 15 is 0 Å². The van der Waals surface area contributed by atoms with Crippen molar-refractivity contribution in [1.82, 2.24) is 9.97 Å². The second kappa shape index (κ2) is 5.66. The van der Waals surface area contributed by atoms with Crippen LogP contribution >= 0.6 is 0 Å². The lowest BCUT2D eigenvalue weighted by atomic mass is 10.0. The summed E-state index contributed by atoms with van der Waals surface area (Å²) < 4.78 is 0. The van der Waals surface area contributed by atoms with E-state index in [0.29, 0.717) is 17.1 Å². The van der Waals surface area contributed by atoms with Crippen molar-refractivity contribution in [3.63, 3.8) is 0 Å². The van der Waals surface area contributed by atoms with Crippen molar-refractivity contribution < 1.29 is 9.90 Å². The van der Waals surface area contributed by atoms with Gasteiger partial charge in [-0.1, -0.05) is 6.07 Å². The molecule has 0 amide bonds. The number of nitrogens with two attached hydrogens (primary N) is 1. The second-order valence-corrected chi connectivity index (χ2v) is 4.55. The average molecular weight is 272 g/mol. The van der Waals surface area contributed by atoms with Crippen LogP contribution in [0, 0.1) is 6.92 Å². The number of aromatic carboxylic acids is 1. The summed E-state index contributed by atoms with van der Waals surface area (Å²) in [6.07, 6.45) is 3.02. The van der Waals surface area contributed by atoms with Gasteiger partial charge >= 0.3 is 5.97 Å². The molecule has 0 aliphatic heterocycles. The molecule has 0 saturated carbocycles. The van der Waals surface area contributed by atoms with Gasteiger partial charge in [0.15, 0.2) is 0 Å². The summed E-state index contributed by atoms with van der Waals surface area (Å²) in [7, 11) is 0. The molecule has 104 valence electrons. The molecule has 1 unspecified atom stereocenters. The molecule has 0 saturated heterocycles. The Morgan fingerprint density at radius 3 is 2.60 bits per heavy atom. The maximum atomic E-state index is 11.0. The Kier molecular flexibility index (Phi) is 3.95. The molecule has 1 aromatic carbocycles. The summed E-state index contributed by atoms with van der Waals surface area (Å²) in [5, 5.41) is 11.9. The lowest BCUT2D eigenvalue weighted by Crippen LogP contribution is -2.25. The van der Waals surface area contributed by atoms with Crippen LogP contribution in [0.25, 0.3) is 11.3 Å². The smallest absolute Gasteiger partial charge is 0.335 e. The van der Waals surface area contributed by atoms with Crippen molar-refractivity contribution >= 4 is 11.8 Å². The van der Waals surface area contributed by atoms with E-state index in [-0.39, 0.29) is 11.7 Å². The Balaban J connectivity index is 2.28. The fourth-order valence-corrected chi connectivity index (χ4v) is 1.85. The standard InChI is InChI=1S/C14H16N4O2/c1-8-5-10(3-4-11(8)14(19)20)12-6-17-13(7-16-12)18-9(2)15/h3-7,9H,15H2,1-2H3,(H,17,18)(H,19,20). The molecule has 0 aliphatic rings. The minimum Gasteiger partial charge on any atom is -0.478 e. The Labute approximate surface area is 116 Å². The lowest BCUT2D eigenvalue weighted by Gasteiger charge is -2.09. The van der Waals surface area contributed by atoms with Crippen molar-refractivity contribution in [3.05, 3.63) is 41.7 Å². The van der Waals surface area contributed by atoms with Gasteiger partial charge in [-0.3, -0.25) is 4.98 Å². The van der Waals surface area contributed by atoms with Gasteiger partial charge in [-0.25, -0.2) is 9.78 Å². The molecule has 0 bridgehead atoms. The first kappa shape index (κ1) is 14.0. The maximum Gasteiger partial charge on any atom is 0.335 e. The third-order valence-electron chi connectivity index (χ3n) is 2.78. The number of hydrogen-bond donors (Lipinski definition) is 3. The van der Waals surface area contributed by atoms with Crippen molar-refractivity contribution in [2.45, 2.75) is 20.0 Å². The van der Waals surface area contributed by atoms with Crippen LogP contribution in [-0.2, 0) is 0 Å². The molecule has 0 spiro atoms. The van der Waals surface area contributed by atoms with E-state index in [0.717, 1.165) is 5.56 Å². The normalized spacial score (nSPS) is 11.9. The number of anilines is 1. The minimum absolute atomic E-state index is 0.202. The molecule has 1 aromatic heterocycles. The predicted octanol–water partition coefficient (Wildman–Crippen LogP) is 1.87. The number of carboxylic acid groups (broad SMARTS) is 1. The molecule has 1 atom stereocenters. The fraction of sp³-hybridized carbons (Fsp3) is 0.214. The van der Waals surface area contributed by atoms with E-state index < -0.39 is 5.97 Å². The summed E-state index contributed by atoms with van der Waals surface area (Å²) in [5.74, 6) is -0.334. The molecular formula is C14H16N4O2. The zero-order valence-corrected chi connectivity index (χ0v) is 11.3. The summed E-state index contributed by atoms with van der Waals surface area (Å²) in [4.78, 5) is 19.5. The SMILES string of the molecule is Cc1cc(-c2cnc(NC(C)N)cn2)ccc1C(=O)O. The van der Waals surface area contributed by atoms with E-state index in [4.69, 9.17) is 10.8 Å². The van der Waals surface area contributed by atoms with E-state index in [1.807, 2.05) is 6.92 Å². The average Bonchev–Trinajstić information content (AvgIpc) is 2.38. The zero-order chi connectivity index (χ0) is 14.7. The molecule has 6 nitrogen and oxygen atoms in total. The van der Waals surface area contributed by atoms with E-state index in [1.54, 1.807) is 37.5 Å². The van der Waals surface area contributed by atoms with Gasteiger partial charge in [0.05, 0.1) is 29.8 Å². The highest BCUT2D eigenvalue weighted by molar-refractivity contribution is 5.90. The first-order chi connectivity index (χ1) is 9.47. The van der Waals surface area contributed by atoms with Gasteiger partial charge < -0.3 is 16.2 Å². The molecule has 6 heteroatoms. The largest absolute Gasteiger partial charge is 0.478 e. The van der Waals surface area contributed by atoms with Crippen molar-refractivity contribution in [1.29, 1.82) is 0 Å². The van der Waals surface area contributed by atoms with Gasteiger partial charge in [-0.05, 0) is 31.5 Å². The molecule has 0 fully saturated rings. The van der Waals surface area contributed by atoms with Crippen molar-refractivity contribution in [2.24, 2.45) is 5.73 Å². The third kappa shape index (κ3) is 3.10. The molecule has 4 N–H and O–H groups in total. The lowest BCUT2D eigenvalue weighted by molar-refractivity contribution is 0.0696.